The van der Waals surface area contributed by atoms with Crippen LogP contribution in [0.15, 0.2) is 88.9 Å². The van der Waals surface area contributed by atoms with E-state index in [0.29, 0.717) is 0 Å². The first-order valence-electron chi connectivity index (χ1n) is 8.66. The fourth-order valence-corrected chi connectivity index (χ4v) is 4.41. The van der Waals surface area contributed by atoms with E-state index >= 15 is 0 Å². The van der Waals surface area contributed by atoms with Gasteiger partial charge in [0.05, 0.1) is 0 Å². The highest BCUT2D eigenvalue weighted by Gasteiger charge is 2.32. The van der Waals surface area contributed by atoms with E-state index in [2.05, 4.69) is 94.8 Å². The second-order valence-corrected chi connectivity index (χ2v) is 7.61. The van der Waals surface area contributed by atoms with Crippen molar-refractivity contribution in [3.63, 3.8) is 0 Å². The third-order valence-corrected chi connectivity index (χ3v) is 5.82. The summed E-state index contributed by atoms with van der Waals surface area (Å²) in [7, 11) is 0. The molecule has 0 radical (unpaired) electrons. The maximum Gasteiger partial charge on any atom is 0.0175 e. The van der Waals surface area contributed by atoms with Crippen LogP contribution in [0, 0.1) is 0 Å². The van der Waals surface area contributed by atoms with Gasteiger partial charge in [0.1, 0.15) is 0 Å². The second-order valence-electron chi connectivity index (χ2n) is 6.69. The summed E-state index contributed by atoms with van der Waals surface area (Å²) in [5.41, 5.74) is 11.5. The van der Waals surface area contributed by atoms with Crippen molar-refractivity contribution in [3.05, 3.63) is 111 Å². The van der Waals surface area contributed by atoms with Gasteiger partial charge < -0.3 is 0 Å². The molecule has 0 fully saturated rings. The van der Waals surface area contributed by atoms with Gasteiger partial charge in [-0.1, -0.05) is 82.7 Å². The van der Waals surface area contributed by atoms with Gasteiger partial charge >= 0.3 is 0 Å². The maximum absolute atomic E-state index is 3.56. The Bertz CT molecular complexity index is 1020. The Morgan fingerprint density at radius 3 is 2.04 bits per heavy atom. The zero-order chi connectivity index (χ0) is 16.8. The largest absolute Gasteiger partial charge is 0.0622 e. The van der Waals surface area contributed by atoms with Crippen molar-refractivity contribution in [1.29, 1.82) is 0 Å². The summed E-state index contributed by atoms with van der Waals surface area (Å²) in [6, 6.07) is 28.5. The van der Waals surface area contributed by atoms with Crippen LogP contribution in [0.25, 0.3) is 16.7 Å². The van der Waals surface area contributed by atoms with Crippen LogP contribution >= 0.6 is 15.9 Å². The van der Waals surface area contributed by atoms with Gasteiger partial charge in [-0.05, 0) is 69.5 Å². The Kier molecular flexibility index (Phi) is 3.50. The summed E-state index contributed by atoms with van der Waals surface area (Å²) in [6.07, 6.45) is 2.07. The fraction of sp³-hybridized carbons (Fsp3) is 0.0833. The Hall–Kier alpha value is -2.38. The van der Waals surface area contributed by atoms with Crippen LogP contribution in [0.3, 0.4) is 0 Å². The molecule has 0 saturated heterocycles. The molecule has 25 heavy (non-hydrogen) atoms. The minimum atomic E-state index is 1.02. The summed E-state index contributed by atoms with van der Waals surface area (Å²) in [4.78, 5) is 0. The van der Waals surface area contributed by atoms with E-state index < -0.39 is 0 Å². The summed E-state index contributed by atoms with van der Waals surface area (Å²) in [5.74, 6) is 0. The number of fused-ring (bicyclic) bond motifs is 3. The molecule has 0 amide bonds. The minimum absolute atomic E-state index is 1.02. The van der Waals surface area contributed by atoms with Crippen molar-refractivity contribution >= 4 is 32.6 Å². The molecule has 2 aliphatic carbocycles. The van der Waals surface area contributed by atoms with Gasteiger partial charge in [-0.2, -0.15) is 0 Å². The Morgan fingerprint density at radius 2 is 1.24 bits per heavy atom. The molecule has 2 aliphatic rings. The zero-order valence-electron chi connectivity index (χ0n) is 13.8. The highest BCUT2D eigenvalue weighted by atomic mass is 79.9. The quantitative estimate of drug-likeness (QED) is 0.456. The first-order valence-corrected chi connectivity index (χ1v) is 9.46. The van der Waals surface area contributed by atoms with Crippen molar-refractivity contribution in [3.8, 4) is 0 Å². The molecule has 0 nitrogen and oxygen atoms in total. The van der Waals surface area contributed by atoms with Gasteiger partial charge in [-0.25, -0.2) is 0 Å². The third-order valence-electron chi connectivity index (χ3n) is 5.29. The third kappa shape index (κ3) is 2.42. The van der Waals surface area contributed by atoms with E-state index in [1.165, 1.54) is 44.5 Å². The number of benzene rings is 3. The van der Waals surface area contributed by atoms with Crippen LogP contribution in [-0.4, -0.2) is 0 Å². The maximum atomic E-state index is 3.56. The molecule has 0 aliphatic heterocycles. The van der Waals surface area contributed by atoms with Crippen molar-refractivity contribution in [1.82, 2.24) is 0 Å². The molecule has 3 aromatic carbocycles. The van der Waals surface area contributed by atoms with E-state index in [1.807, 2.05) is 0 Å². The summed E-state index contributed by atoms with van der Waals surface area (Å²) in [5, 5.41) is 0. The number of hydrogen-bond acceptors (Lipinski definition) is 0. The SMILES string of the molecule is Brc1ccc(C2=C3Cc4ccccc4C3=C(c3ccccc3)C2)cc1. The molecular weight excluding hydrogens is 368 g/mol. The van der Waals surface area contributed by atoms with Crippen LogP contribution < -0.4 is 0 Å². The van der Waals surface area contributed by atoms with Gasteiger partial charge in [-0.3, -0.25) is 0 Å². The Balaban J connectivity index is 1.72. The molecule has 5 rings (SSSR count). The second kappa shape index (κ2) is 5.86. The summed E-state index contributed by atoms with van der Waals surface area (Å²) in [6.45, 7) is 0. The smallest absolute Gasteiger partial charge is 0.0175 e. The van der Waals surface area contributed by atoms with E-state index in [4.69, 9.17) is 0 Å². The zero-order valence-corrected chi connectivity index (χ0v) is 15.4. The average Bonchev–Trinajstić information content (AvgIpc) is 3.21. The van der Waals surface area contributed by atoms with Crippen LogP contribution in [-0.2, 0) is 6.42 Å². The Morgan fingerprint density at radius 1 is 0.560 bits per heavy atom. The van der Waals surface area contributed by atoms with E-state index in [0.717, 1.165) is 17.3 Å². The molecule has 0 bridgehead atoms. The minimum Gasteiger partial charge on any atom is -0.0622 e. The number of halogens is 1. The molecule has 0 atom stereocenters. The monoisotopic (exact) mass is 384 g/mol. The molecular formula is C24H17Br. The molecule has 0 heterocycles. The number of hydrogen-bond donors (Lipinski definition) is 0. The summed E-state index contributed by atoms with van der Waals surface area (Å²) >= 11 is 3.56. The molecule has 0 N–H and O–H groups in total. The van der Waals surface area contributed by atoms with Gasteiger partial charge in [0.15, 0.2) is 0 Å². The molecule has 0 aromatic heterocycles. The van der Waals surface area contributed by atoms with Gasteiger partial charge in [-0.15, -0.1) is 0 Å². The molecule has 120 valence electrons. The van der Waals surface area contributed by atoms with Gasteiger partial charge in [0.2, 0.25) is 0 Å². The van der Waals surface area contributed by atoms with Gasteiger partial charge in [0, 0.05) is 4.47 Å². The van der Waals surface area contributed by atoms with Crippen LogP contribution in [0.4, 0.5) is 0 Å². The predicted molar refractivity (Wildman–Crippen MR) is 109 cm³/mol. The normalized spacial score (nSPS) is 15.6. The lowest BCUT2D eigenvalue weighted by Gasteiger charge is -2.09. The Labute approximate surface area is 156 Å². The van der Waals surface area contributed by atoms with Crippen LogP contribution in [0.2, 0.25) is 0 Å². The fourth-order valence-electron chi connectivity index (χ4n) is 4.15. The average molecular weight is 385 g/mol. The lowest BCUT2D eigenvalue weighted by atomic mass is 9.95. The van der Waals surface area contributed by atoms with E-state index in [9.17, 15) is 0 Å². The number of allylic oxidation sites excluding steroid dienone is 4. The lowest BCUT2D eigenvalue weighted by molar-refractivity contribution is 1.25. The summed E-state index contributed by atoms with van der Waals surface area (Å²) < 4.78 is 1.13. The van der Waals surface area contributed by atoms with Crippen molar-refractivity contribution in [2.45, 2.75) is 12.8 Å². The first-order chi connectivity index (χ1) is 12.3. The molecule has 0 unspecified atom stereocenters. The standard InChI is InChI=1S/C24H17Br/c25-19-12-10-17(11-13-19)21-15-22(16-6-2-1-3-7-16)24-20-9-5-4-8-18(20)14-23(21)24/h1-13H,14-15H2. The number of rotatable bonds is 2. The molecule has 0 spiro atoms. The van der Waals surface area contributed by atoms with Crippen LogP contribution in [0.5, 0.6) is 0 Å². The van der Waals surface area contributed by atoms with Crippen molar-refractivity contribution in [2.24, 2.45) is 0 Å². The molecule has 1 heteroatoms. The van der Waals surface area contributed by atoms with E-state index in [-0.39, 0.29) is 0 Å². The molecule has 3 aromatic rings. The van der Waals surface area contributed by atoms with Crippen molar-refractivity contribution in [2.75, 3.05) is 0 Å². The highest BCUT2D eigenvalue weighted by molar-refractivity contribution is 9.10. The molecule has 0 saturated carbocycles. The lowest BCUT2D eigenvalue weighted by Crippen LogP contribution is -1.89. The van der Waals surface area contributed by atoms with Gasteiger partial charge in [0.25, 0.3) is 0 Å². The topological polar surface area (TPSA) is 0 Å². The van der Waals surface area contributed by atoms with E-state index in [1.54, 1.807) is 0 Å². The van der Waals surface area contributed by atoms with Crippen molar-refractivity contribution < 1.29 is 0 Å². The first kappa shape index (κ1) is 14.9. The predicted octanol–water partition coefficient (Wildman–Crippen LogP) is 6.77. The highest BCUT2D eigenvalue weighted by Crippen LogP contribution is 2.52. The van der Waals surface area contributed by atoms with Crippen LogP contribution in [0.1, 0.15) is 28.7 Å².